The molecule has 0 bridgehead atoms. The first-order valence-electron chi connectivity index (χ1n) is 10.2. The second-order valence-electron chi connectivity index (χ2n) is 7.66. The van der Waals surface area contributed by atoms with Gasteiger partial charge in [0.1, 0.15) is 11.6 Å². The van der Waals surface area contributed by atoms with E-state index in [0.717, 1.165) is 35.4 Å². The molecule has 3 aromatic heterocycles. The van der Waals surface area contributed by atoms with E-state index in [1.165, 1.54) is 23.5 Å². The minimum absolute atomic E-state index is 0.113. The van der Waals surface area contributed by atoms with Gasteiger partial charge in [-0.3, -0.25) is 19.9 Å². The van der Waals surface area contributed by atoms with Gasteiger partial charge in [-0.15, -0.1) is 11.3 Å². The van der Waals surface area contributed by atoms with Crippen molar-refractivity contribution in [2.75, 3.05) is 6.54 Å². The first-order chi connectivity index (χ1) is 15.9. The summed E-state index contributed by atoms with van der Waals surface area (Å²) in [5.41, 5.74) is 1.24. The molecule has 168 valence electrons. The Balaban J connectivity index is 1.45. The third-order valence-corrected chi connectivity index (χ3v) is 6.69. The summed E-state index contributed by atoms with van der Waals surface area (Å²) in [5.74, 6) is 0.339. The largest absolute Gasteiger partial charge is 0.453 e. The molecule has 0 unspecified atom stereocenters. The molecule has 11 heteroatoms. The van der Waals surface area contributed by atoms with Crippen molar-refractivity contribution in [3.8, 4) is 22.2 Å². The molecular formula is C22H18FN5O4S. The summed E-state index contributed by atoms with van der Waals surface area (Å²) in [5, 5.41) is 10.8. The van der Waals surface area contributed by atoms with E-state index in [-0.39, 0.29) is 17.3 Å². The van der Waals surface area contributed by atoms with Crippen LogP contribution in [-0.4, -0.2) is 36.8 Å². The lowest BCUT2D eigenvalue weighted by atomic mass is 10.3. The molecule has 1 amide bonds. The Morgan fingerprint density at radius 1 is 1.24 bits per heavy atom. The van der Waals surface area contributed by atoms with Crippen LogP contribution in [0.3, 0.4) is 0 Å². The average molecular weight is 467 g/mol. The quantitative estimate of drug-likeness (QED) is 0.302. The highest BCUT2D eigenvalue weighted by Gasteiger charge is 2.23. The Labute approximate surface area is 191 Å². The van der Waals surface area contributed by atoms with E-state index in [1.54, 1.807) is 18.5 Å². The van der Waals surface area contributed by atoms with Crippen molar-refractivity contribution >= 4 is 33.1 Å². The van der Waals surface area contributed by atoms with Crippen molar-refractivity contribution in [1.29, 1.82) is 0 Å². The third kappa shape index (κ3) is 3.91. The van der Waals surface area contributed by atoms with Crippen molar-refractivity contribution in [3.05, 3.63) is 64.4 Å². The Bertz CT molecular complexity index is 1400. The van der Waals surface area contributed by atoms with Crippen LogP contribution in [0.25, 0.3) is 20.9 Å². The lowest BCUT2D eigenvalue weighted by molar-refractivity contribution is -0.385. The monoisotopic (exact) mass is 467 g/mol. The molecule has 1 fully saturated rings. The zero-order chi connectivity index (χ0) is 23.1. The standard InChI is InChI=1S/C22H18FN5O4S/c1-26-14(12-27-8-2-3-20(27)29)11-25-22(26)19-10-16-21(33-19)18(6-7-24-16)32-17-5-4-13(28(30)31)9-15(17)23/h4-7,9-11H,2-3,8,12H2,1H3. The molecule has 0 N–H and O–H groups in total. The summed E-state index contributed by atoms with van der Waals surface area (Å²) in [6.07, 6.45) is 4.79. The van der Waals surface area contributed by atoms with E-state index in [2.05, 4.69) is 9.97 Å². The Hall–Kier alpha value is -3.86. The van der Waals surface area contributed by atoms with Crippen molar-refractivity contribution in [2.45, 2.75) is 19.4 Å². The number of benzene rings is 1. The summed E-state index contributed by atoms with van der Waals surface area (Å²) in [7, 11) is 1.90. The van der Waals surface area contributed by atoms with Gasteiger partial charge in [0.2, 0.25) is 5.91 Å². The molecule has 0 atom stereocenters. The van der Waals surface area contributed by atoms with Gasteiger partial charge in [0, 0.05) is 38.3 Å². The van der Waals surface area contributed by atoms with Gasteiger partial charge in [-0.1, -0.05) is 0 Å². The molecule has 1 saturated heterocycles. The molecular weight excluding hydrogens is 449 g/mol. The lowest BCUT2D eigenvalue weighted by Gasteiger charge is -2.15. The fourth-order valence-electron chi connectivity index (χ4n) is 3.80. The predicted molar refractivity (Wildman–Crippen MR) is 120 cm³/mol. The number of fused-ring (bicyclic) bond motifs is 1. The van der Waals surface area contributed by atoms with Gasteiger partial charge in [-0.2, -0.15) is 0 Å². The Kier molecular flexibility index (Phi) is 5.25. The first-order valence-corrected chi connectivity index (χ1v) is 11.0. The minimum Gasteiger partial charge on any atom is -0.453 e. The van der Waals surface area contributed by atoms with E-state index in [0.29, 0.717) is 28.9 Å². The van der Waals surface area contributed by atoms with E-state index >= 15 is 0 Å². The van der Waals surface area contributed by atoms with E-state index < -0.39 is 10.7 Å². The second-order valence-corrected chi connectivity index (χ2v) is 8.71. The summed E-state index contributed by atoms with van der Waals surface area (Å²) in [4.78, 5) is 33.7. The topological polar surface area (TPSA) is 103 Å². The molecule has 0 spiro atoms. The number of amides is 1. The van der Waals surface area contributed by atoms with Crippen LogP contribution >= 0.6 is 11.3 Å². The third-order valence-electron chi connectivity index (χ3n) is 5.55. The van der Waals surface area contributed by atoms with Crippen LogP contribution in [0.4, 0.5) is 10.1 Å². The van der Waals surface area contributed by atoms with Gasteiger partial charge in [-0.25, -0.2) is 9.37 Å². The first kappa shape index (κ1) is 21.0. The number of nitro benzene ring substituents is 1. The van der Waals surface area contributed by atoms with Crippen molar-refractivity contribution in [1.82, 2.24) is 19.4 Å². The van der Waals surface area contributed by atoms with Crippen LogP contribution in [0.1, 0.15) is 18.5 Å². The molecule has 1 aliphatic heterocycles. The summed E-state index contributed by atoms with van der Waals surface area (Å²) in [6.45, 7) is 1.27. The zero-order valence-corrected chi connectivity index (χ0v) is 18.3. The van der Waals surface area contributed by atoms with E-state index in [9.17, 15) is 19.3 Å². The van der Waals surface area contributed by atoms with E-state index in [1.807, 2.05) is 22.6 Å². The van der Waals surface area contributed by atoms with Gasteiger partial charge >= 0.3 is 0 Å². The average Bonchev–Trinajstić information content (AvgIpc) is 3.49. The zero-order valence-electron chi connectivity index (χ0n) is 17.5. The lowest BCUT2D eigenvalue weighted by Crippen LogP contribution is -2.25. The molecule has 1 aliphatic rings. The molecule has 4 aromatic rings. The SMILES string of the molecule is Cn1c(CN2CCCC2=O)cnc1-c1cc2nccc(Oc3ccc([N+](=O)[O-])cc3F)c2s1. The maximum absolute atomic E-state index is 14.3. The Morgan fingerprint density at radius 2 is 2.09 bits per heavy atom. The minimum atomic E-state index is -0.823. The molecule has 0 saturated carbocycles. The maximum Gasteiger partial charge on any atom is 0.272 e. The van der Waals surface area contributed by atoms with Crippen molar-refractivity contribution in [2.24, 2.45) is 7.05 Å². The molecule has 1 aromatic carbocycles. The number of aromatic nitrogens is 3. The van der Waals surface area contributed by atoms with Gasteiger partial charge in [0.15, 0.2) is 11.6 Å². The summed E-state index contributed by atoms with van der Waals surface area (Å²) < 4.78 is 22.7. The van der Waals surface area contributed by atoms with Crippen molar-refractivity contribution < 1.29 is 18.8 Å². The van der Waals surface area contributed by atoms with Gasteiger partial charge < -0.3 is 14.2 Å². The number of nitro groups is 1. The van der Waals surface area contributed by atoms with Crippen LogP contribution in [-0.2, 0) is 18.4 Å². The van der Waals surface area contributed by atoms with Crippen LogP contribution < -0.4 is 4.74 Å². The number of likely N-dealkylation sites (tertiary alicyclic amines) is 1. The number of rotatable bonds is 6. The molecule has 9 nitrogen and oxygen atoms in total. The van der Waals surface area contributed by atoms with Crippen LogP contribution in [0.2, 0.25) is 0 Å². The molecule has 0 radical (unpaired) electrons. The number of halogens is 1. The Morgan fingerprint density at radius 3 is 2.82 bits per heavy atom. The molecule has 0 aliphatic carbocycles. The van der Waals surface area contributed by atoms with Crippen LogP contribution in [0, 0.1) is 15.9 Å². The highest BCUT2D eigenvalue weighted by Crippen LogP contribution is 2.39. The van der Waals surface area contributed by atoms with Gasteiger partial charge in [-0.05, 0) is 18.6 Å². The fraction of sp³-hybridized carbons (Fsp3) is 0.227. The number of ether oxygens (including phenoxy) is 1. The normalized spacial score (nSPS) is 13.8. The highest BCUT2D eigenvalue weighted by molar-refractivity contribution is 7.22. The van der Waals surface area contributed by atoms with Gasteiger partial charge in [0.25, 0.3) is 5.69 Å². The highest BCUT2D eigenvalue weighted by atomic mass is 32.1. The van der Waals surface area contributed by atoms with Crippen LogP contribution in [0.15, 0.2) is 42.7 Å². The summed E-state index contributed by atoms with van der Waals surface area (Å²) in [6, 6.07) is 6.75. The maximum atomic E-state index is 14.3. The molecule has 5 rings (SSSR count). The smallest absolute Gasteiger partial charge is 0.272 e. The molecule has 4 heterocycles. The number of carbonyl (C=O) groups excluding carboxylic acids is 1. The molecule has 33 heavy (non-hydrogen) atoms. The fourth-order valence-corrected chi connectivity index (χ4v) is 4.90. The summed E-state index contributed by atoms with van der Waals surface area (Å²) >= 11 is 1.40. The number of carbonyl (C=O) groups is 1. The number of thiophene rings is 1. The van der Waals surface area contributed by atoms with Crippen LogP contribution in [0.5, 0.6) is 11.5 Å². The number of imidazole rings is 1. The predicted octanol–water partition coefficient (Wildman–Crippen LogP) is 4.66. The number of hydrogen-bond acceptors (Lipinski definition) is 7. The van der Waals surface area contributed by atoms with E-state index in [4.69, 9.17) is 4.74 Å². The van der Waals surface area contributed by atoms with Crippen molar-refractivity contribution in [3.63, 3.8) is 0 Å². The number of pyridine rings is 1. The second kappa shape index (κ2) is 8.24. The number of nitrogens with zero attached hydrogens (tertiary/aromatic N) is 5. The number of non-ortho nitro benzene ring substituents is 1. The van der Waals surface area contributed by atoms with Gasteiger partial charge in [0.05, 0.1) is 44.5 Å². The number of hydrogen-bond donors (Lipinski definition) is 0.